The Morgan fingerprint density at radius 1 is 1.30 bits per heavy atom. The van der Waals surface area contributed by atoms with Gasteiger partial charge in [-0.2, -0.15) is 0 Å². The number of nitrogens with one attached hydrogen (secondary N) is 1. The van der Waals surface area contributed by atoms with Crippen molar-refractivity contribution in [1.82, 2.24) is 15.0 Å². The molecule has 0 aliphatic carbocycles. The Kier molecular flexibility index (Phi) is 3.26. The Labute approximate surface area is 118 Å². The lowest BCUT2D eigenvalue weighted by atomic mass is 10.2. The lowest BCUT2D eigenvalue weighted by molar-refractivity contribution is 0.0684. The van der Waals surface area contributed by atoms with Crippen LogP contribution in [0.25, 0.3) is 10.9 Å². The van der Waals surface area contributed by atoms with Gasteiger partial charge in [0.15, 0.2) is 0 Å². The van der Waals surface area contributed by atoms with E-state index in [1.807, 2.05) is 18.2 Å². The van der Waals surface area contributed by atoms with Crippen molar-refractivity contribution in [3.63, 3.8) is 0 Å². The highest BCUT2D eigenvalue weighted by Gasteiger charge is 2.12. The number of hydrogen-bond acceptors (Lipinski definition) is 6. The maximum Gasteiger partial charge on any atom is 0.374 e. The number of nitrogens with zero attached hydrogens (tertiary/aromatic N) is 3. The number of carbonyl (C=O) groups is 1. The van der Waals surface area contributed by atoms with Crippen molar-refractivity contribution in [3.8, 4) is 0 Å². The molecule has 6 nitrogen and oxygen atoms in total. The number of carboxylic acids is 1. The maximum absolute atomic E-state index is 11.1. The molecule has 0 unspecified atom stereocenters. The van der Waals surface area contributed by atoms with E-state index in [-0.39, 0.29) is 5.82 Å². The summed E-state index contributed by atoms with van der Waals surface area (Å²) in [6.45, 7) is 0.546. The molecular weight excluding hydrogens is 276 g/mol. The van der Waals surface area contributed by atoms with E-state index in [0.29, 0.717) is 17.9 Å². The number of fused-ring (bicyclic) bond motifs is 1. The van der Waals surface area contributed by atoms with Crippen LogP contribution in [0.4, 0.5) is 5.82 Å². The van der Waals surface area contributed by atoms with Crippen LogP contribution in [0, 0.1) is 0 Å². The summed E-state index contributed by atoms with van der Waals surface area (Å²) in [5.74, 6) is -0.839. The molecule has 7 heteroatoms. The minimum absolute atomic E-state index is 0.212. The first-order valence-electron chi connectivity index (χ1n) is 5.85. The van der Waals surface area contributed by atoms with Gasteiger partial charge in [-0.25, -0.2) is 14.8 Å². The molecule has 0 aliphatic heterocycles. The molecule has 0 amide bonds. The van der Waals surface area contributed by atoms with Crippen molar-refractivity contribution >= 4 is 34.0 Å². The molecule has 0 fully saturated rings. The van der Waals surface area contributed by atoms with Gasteiger partial charge < -0.3 is 10.4 Å². The van der Waals surface area contributed by atoms with Crippen LogP contribution in [0.5, 0.6) is 0 Å². The van der Waals surface area contributed by atoms with Gasteiger partial charge in [0.1, 0.15) is 5.82 Å². The second-order valence-corrected chi connectivity index (χ2v) is 5.01. The lowest BCUT2D eigenvalue weighted by Gasteiger charge is -2.08. The van der Waals surface area contributed by atoms with Gasteiger partial charge in [0, 0.05) is 16.5 Å². The smallest absolute Gasteiger partial charge is 0.374 e. The number of anilines is 1. The first-order valence-corrected chi connectivity index (χ1v) is 6.73. The number of benzene rings is 1. The molecule has 3 aromatic rings. The number of aromatic nitrogens is 3. The van der Waals surface area contributed by atoms with Gasteiger partial charge in [-0.15, -0.1) is 11.3 Å². The standard InChI is InChI=1S/C13H10N4O2S/c18-13(19)12-16-10-4-2-1-3-9(10)11(17-12)15-6-8-5-14-7-20-8/h1-5,7H,6H2,(H,18,19)(H,15,16,17). The monoisotopic (exact) mass is 286 g/mol. The Bertz CT molecular complexity index is 758. The fourth-order valence-corrected chi connectivity index (χ4v) is 2.34. The van der Waals surface area contributed by atoms with E-state index < -0.39 is 5.97 Å². The maximum atomic E-state index is 11.1. The number of carboxylic acid groups (broad SMARTS) is 1. The van der Waals surface area contributed by atoms with Crippen LogP contribution in [0.15, 0.2) is 36.0 Å². The topological polar surface area (TPSA) is 88.0 Å². The van der Waals surface area contributed by atoms with Crippen LogP contribution < -0.4 is 5.32 Å². The van der Waals surface area contributed by atoms with Crippen LogP contribution in [-0.2, 0) is 6.54 Å². The highest BCUT2D eigenvalue weighted by atomic mass is 32.1. The Hall–Kier alpha value is -2.54. The molecule has 0 bridgehead atoms. The summed E-state index contributed by atoms with van der Waals surface area (Å²) in [5, 5.41) is 13.0. The van der Waals surface area contributed by atoms with Crippen LogP contribution in [-0.4, -0.2) is 26.0 Å². The van der Waals surface area contributed by atoms with E-state index in [1.54, 1.807) is 17.8 Å². The van der Waals surface area contributed by atoms with Gasteiger partial charge in [-0.05, 0) is 12.1 Å². The molecule has 1 aromatic carbocycles. The summed E-state index contributed by atoms with van der Waals surface area (Å²) >= 11 is 1.52. The number of aromatic carboxylic acids is 1. The van der Waals surface area contributed by atoms with Crippen molar-refractivity contribution in [2.75, 3.05) is 5.32 Å². The third-order valence-corrected chi connectivity index (χ3v) is 3.49. The van der Waals surface area contributed by atoms with Gasteiger partial charge in [0.2, 0.25) is 5.82 Å². The Morgan fingerprint density at radius 3 is 2.90 bits per heavy atom. The molecule has 0 spiro atoms. The molecule has 20 heavy (non-hydrogen) atoms. The van der Waals surface area contributed by atoms with E-state index in [2.05, 4.69) is 20.3 Å². The third kappa shape index (κ3) is 2.43. The zero-order valence-corrected chi connectivity index (χ0v) is 11.1. The third-order valence-electron chi connectivity index (χ3n) is 2.71. The van der Waals surface area contributed by atoms with Crippen molar-refractivity contribution in [2.45, 2.75) is 6.54 Å². The summed E-state index contributed by atoms with van der Waals surface area (Å²) < 4.78 is 0. The van der Waals surface area contributed by atoms with Crippen molar-refractivity contribution < 1.29 is 9.90 Å². The van der Waals surface area contributed by atoms with E-state index in [9.17, 15) is 4.79 Å². The summed E-state index contributed by atoms with van der Waals surface area (Å²) in [7, 11) is 0. The second-order valence-electron chi connectivity index (χ2n) is 4.04. The fourth-order valence-electron chi connectivity index (χ4n) is 1.81. The van der Waals surface area contributed by atoms with Crippen LogP contribution in [0.1, 0.15) is 15.5 Å². The number of rotatable bonds is 4. The quantitative estimate of drug-likeness (QED) is 0.765. The Morgan fingerprint density at radius 2 is 2.15 bits per heavy atom. The van der Waals surface area contributed by atoms with Crippen molar-refractivity contribution in [1.29, 1.82) is 0 Å². The molecule has 100 valence electrons. The first-order chi connectivity index (χ1) is 9.74. The minimum Gasteiger partial charge on any atom is -0.475 e. The van der Waals surface area contributed by atoms with Gasteiger partial charge >= 0.3 is 5.97 Å². The molecule has 3 rings (SSSR count). The molecule has 0 atom stereocenters. The fraction of sp³-hybridized carbons (Fsp3) is 0.0769. The van der Waals surface area contributed by atoms with Crippen LogP contribution in [0.2, 0.25) is 0 Å². The van der Waals surface area contributed by atoms with Gasteiger partial charge in [0.25, 0.3) is 0 Å². The molecule has 2 N–H and O–H groups in total. The molecule has 0 saturated heterocycles. The predicted octanol–water partition coefficient (Wildman–Crippen LogP) is 2.40. The zero-order chi connectivity index (χ0) is 13.9. The number of hydrogen-bond donors (Lipinski definition) is 2. The molecule has 0 aliphatic rings. The van der Waals surface area contributed by atoms with Crippen molar-refractivity contribution in [3.05, 3.63) is 46.7 Å². The summed E-state index contributed by atoms with van der Waals surface area (Å²) in [5.41, 5.74) is 2.35. The van der Waals surface area contributed by atoms with Gasteiger partial charge in [-0.3, -0.25) is 4.98 Å². The van der Waals surface area contributed by atoms with Gasteiger partial charge in [0.05, 0.1) is 17.6 Å². The van der Waals surface area contributed by atoms with E-state index >= 15 is 0 Å². The van der Waals surface area contributed by atoms with E-state index in [1.165, 1.54) is 11.3 Å². The summed E-state index contributed by atoms with van der Waals surface area (Å²) in [6, 6.07) is 7.30. The first kappa shape index (κ1) is 12.5. The summed E-state index contributed by atoms with van der Waals surface area (Å²) in [4.78, 5) is 24.2. The van der Waals surface area contributed by atoms with Gasteiger partial charge in [-0.1, -0.05) is 12.1 Å². The SMILES string of the molecule is O=C(O)c1nc(NCc2cncs2)c2ccccc2n1. The van der Waals surface area contributed by atoms with Crippen LogP contribution in [0.3, 0.4) is 0 Å². The predicted molar refractivity (Wildman–Crippen MR) is 75.9 cm³/mol. The largest absolute Gasteiger partial charge is 0.475 e. The second kappa shape index (κ2) is 5.22. The molecule has 2 heterocycles. The Balaban J connectivity index is 2.00. The highest BCUT2D eigenvalue weighted by Crippen LogP contribution is 2.21. The zero-order valence-electron chi connectivity index (χ0n) is 10.3. The van der Waals surface area contributed by atoms with E-state index in [4.69, 9.17) is 5.11 Å². The van der Waals surface area contributed by atoms with Crippen molar-refractivity contribution in [2.24, 2.45) is 0 Å². The minimum atomic E-state index is -1.14. The van der Waals surface area contributed by atoms with Crippen LogP contribution >= 0.6 is 11.3 Å². The number of para-hydroxylation sites is 1. The summed E-state index contributed by atoms with van der Waals surface area (Å²) in [6.07, 6.45) is 1.76. The highest BCUT2D eigenvalue weighted by molar-refractivity contribution is 7.09. The molecule has 0 radical (unpaired) electrons. The molecular formula is C13H10N4O2S. The number of thiazole rings is 1. The molecule has 0 saturated carbocycles. The van der Waals surface area contributed by atoms with E-state index in [0.717, 1.165) is 10.3 Å². The normalized spacial score (nSPS) is 10.6. The molecule has 2 aromatic heterocycles. The average Bonchev–Trinajstić information content (AvgIpc) is 2.97. The lowest BCUT2D eigenvalue weighted by Crippen LogP contribution is -2.09. The average molecular weight is 286 g/mol.